The van der Waals surface area contributed by atoms with Crippen LogP contribution in [0, 0.1) is 11.6 Å². The predicted molar refractivity (Wildman–Crippen MR) is 75.7 cm³/mol. The highest BCUT2D eigenvalue weighted by Crippen LogP contribution is 2.33. The molecule has 2 aromatic carbocycles. The number of benzene rings is 2. The maximum absolute atomic E-state index is 13.2. The maximum Gasteiger partial charge on any atom is 0.166 e. The molecule has 0 amide bonds. The molecule has 0 spiro atoms. The standard InChI is InChI=1S/C16H15F2NO2/c17-12-7-13(18)9-14(8-12)19-10-11-3-1-4-15-16(11)21-6-2-5-20-15/h1,3-4,7-9,19H,2,5-6,10H2. The van der Waals surface area contributed by atoms with Crippen LogP contribution in [0.15, 0.2) is 36.4 Å². The summed E-state index contributed by atoms with van der Waals surface area (Å²) < 4.78 is 37.6. The third-order valence-corrected chi connectivity index (χ3v) is 3.20. The Bertz CT molecular complexity index is 626. The highest BCUT2D eigenvalue weighted by atomic mass is 19.1. The molecule has 3 rings (SSSR count). The van der Waals surface area contributed by atoms with Gasteiger partial charge >= 0.3 is 0 Å². The molecule has 1 heterocycles. The van der Waals surface area contributed by atoms with Crippen LogP contribution in [0.4, 0.5) is 14.5 Å². The Morgan fingerprint density at radius 1 is 1.00 bits per heavy atom. The molecule has 0 saturated carbocycles. The summed E-state index contributed by atoms with van der Waals surface area (Å²) >= 11 is 0. The van der Waals surface area contributed by atoms with Gasteiger partial charge in [0, 0.05) is 30.3 Å². The first kappa shape index (κ1) is 13.7. The molecule has 1 N–H and O–H groups in total. The summed E-state index contributed by atoms with van der Waals surface area (Å²) in [6.07, 6.45) is 0.830. The van der Waals surface area contributed by atoms with Crippen molar-refractivity contribution >= 4 is 5.69 Å². The average molecular weight is 291 g/mol. The molecule has 1 aliphatic rings. The molecule has 0 radical (unpaired) electrons. The van der Waals surface area contributed by atoms with Crippen LogP contribution >= 0.6 is 0 Å². The zero-order valence-corrected chi connectivity index (χ0v) is 11.4. The van der Waals surface area contributed by atoms with Gasteiger partial charge in [-0.2, -0.15) is 0 Å². The second kappa shape index (κ2) is 5.99. The molecule has 0 atom stereocenters. The molecule has 0 aromatic heterocycles. The zero-order valence-electron chi connectivity index (χ0n) is 11.4. The lowest BCUT2D eigenvalue weighted by atomic mass is 10.1. The normalized spacial score (nSPS) is 13.6. The highest BCUT2D eigenvalue weighted by molar-refractivity contribution is 5.50. The van der Waals surface area contributed by atoms with Gasteiger partial charge in [0.05, 0.1) is 13.2 Å². The molecule has 1 aliphatic heterocycles. The Labute approximate surface area is 121 Å². The summed E-state index contributed by atoms with van der Waals surface area (Å²) in [7, 11) is 0. The van der Waals surface area contributed by atoms with Crippen LogP contribution < -0.4 is 14.8 Å². The quantitative estimate of drug-likeness (QED) is 0.934. The molecule has 0 bridgehead atoms. The fourth-order valence-corrected chi connectivity index (χ4v) is 2.25. The second-order valence-corrected chi connectivity index (χ2v) is 4.81. The fraction of sp³-hybridized carbons (Fsp3) is 0.250. The van der Waals surface area contributed by atoms with Gasteiger partial charge in [0.2, 0.25) is 0 Å². The van der Waals surface area contributed by atoms with E-state index in [1.54, 1.807) is 0 Å². The molecule has 3 nitrogen and oxygen atoms in total. The molecule has 2 aromatic rings. The van der Waals surface area contributed by atoms with Crippen molar-refractivity contribution in [3.63, 3.8) is 0 Å². The van der Waals surface area contributed by atoms with Gasteiger partial charge in [-0.05, 0) is 18.2 Å². The maximum atomic E-state index is 13.2. The molecule has 0 fully saturated rings. The molecular formula is C16H15F2NO2. The van der Waals surface area contributed by atoms with Crippen molar-refractivity contribution < 1.29 is 18.3 Å². The van der Waals surface area contributed by atoms with Gasteiger partial charge in [0.15, 0.2) is 11.5 Å². The summed E-state index contributed by atoms with van der Waals surface area (Å²) in [4.78, 5) is 0. The Balaban J connectivity index is 1.79. The largest absolute Gasteiger partial charge is 0.490 e. The number of halogens is 2. The van der Waals surface area contributed by atoms with E-state index in [1.165, 1.54) is 12.1 Å². The molecule has 5 heteroatoms. The van der Waals surface area contributed by atoms with Gasteiger partial charge in [0.1, 0.15) is 11.6 Å². The minimum atomic E-state index is -0.607. The third-order valence-electron chi connectivity index (χ3n) is 3.20. The van der Waals surface area contributed by atoms with E-state index in [9.17, 15) is 8.78 Å². The lowest BCUT2D eigenvalue weighted by Crippen LogP contribution is -2.04. The van der Waals surface area contributed by atoms with Crippen LogP contribution in [-0.2, 0) is 6.54 Å². The van der Waals surface area contributed by atoms with Gasteiger partial charge in [-0.25, -0.2) is 8.78 Å². The van der Waals surface area contributed by atoms with Crippen LogP contribution in [0.1, 0.15) is 12.0 Å². The van der Waals surface area contributed by atoms with Crippen LogP contribution in [0.3, 0.4) is 0 Å². The van der Waals surface area contributed by atoms with Crippen molar-refractivity contribution in [2.75, 3.05) is 18.5 Å². The summed E-state index contributed by atoms with van der Waals surface area (Å²) in [5.74, 6) is 0.185. The average Bonchev–Trinajstić information content (AvgIpc) is 2.69. The molecular weight excluding hydrogens is 276 g/mol. The monoisotopic (exact) mass is 291 g/mol. The first-order valence-corrected chi connectivity index (χ1v) is 6.80. The van der Waals surface area contributed by atoms with E-state index in [2.05, 4.69) is 5.32 Å². The number of nitrogens with one attached hydrogen (secondary N) is 1. The Hall–Kier alpha value is -2.30. The van der Waals surface area contributed by atoms with E-state index in [-0.39, 0.29) is 0 Å². The first-order chi connectivity index (χ1) is 10.2. The van der Waals surface area contributed by atoms with Crippen LogP contribution in [0.25, 0.3) is 0 Å². The van der Waals surface area contributed by atoms with Gasteiger partial charge in [-0.3, -0.25) is 0 Å². The summed E-state index contributed by atoms with van der Waals surface area (Å²) in [5, 5.41) is 3.00. The van der Waals surface area contributed by atoms with Crippen molar-refractivity contribution in [1.82, 2.24) is 0 Å². The zero-order chi connectivity index (χ0) is 14.7. The first-order valence-electron chi connectivity index (χ1n) is 6.80. The van der Waals surface area contributed by atoms with Crippen molar-refractivity contribution in [3.8, 4) is 11.5 Å². The van der Waals surface area contributed by atoms with Gasteiger partial charge in [-0.1, -0.05) is 12.1 Å². The Morgan fingerprint density at radius 2 is 1.76 bits per heavy atom. The lowest BCUT2D eigenvalue weighted by molar-refractivity contribution is 0.296. The number of hydrogen-bond donors (Lipinski definition) is 1. The van der Waals surface area contributed by atoms with Gasteiger partial charge in [0.25, 0.3) is 0 Å². The Kier molecular flexibility index (Phi) is 3.90. The SMILES string of the molecule is Fc1cc(F)cc(NCc2cccc3c2OCCCO3)c1. The van der Waals surface area contributed by atoms with Crippen LogP contribution in [0.2, 0.25) is 0 Å². The number of ether oxygens (including phenoxy) is 2. The van der Waals surface area contributed by atoms with Crippen molar-refractivity contribution in [3.05, 3.63) is 53.6 Å². The molecule has 0 aliphatic carbocycles. The number of fused-ring (bicyclic) bond motifs is 1. The molecule has 0 unspecified atom stereocenters. The van der Waals surface area contributed by atoms with Crippen molar-refractivity contribution in [1.29, 1.82) is 0 Å². The number of anilines is 1. The van der Waals surface area contributed by atoms with Gasteiger partial charge < -0.3 is 14.8 Å². The van der Waals surface area contributed by atoms with E-state index in [0.29, 0.717) is 36.9 Å². The smallest absolute Gasteiger partial charge is 0.166 e. The lowest BCUT2D eigenvalue weighted by Gasteiger charge is -2.13. The number of rotatable bonds is 3. The summed E-state index contributed by atoms with van der Waals surface area (Å²) in [6.45, 7) is 1.62. The molecule has 110 valence electrons. The van der Waals surface area contributed by atoms with Crippen molar-refractivity contribution in [2.24, 2.45) is 0 Å². The molecule has 21 heavy (non-hydrogen) atoms. The van der Waals surface area contributed by atoms with E-state index in [4.69, 9.17) is 9.47 Å². The predicted octanol–water partition coefficient (Wildman–Crippen LogP) is 3.74. The van der Waals surface area contributed by atoms with Crippen LogP contribution in [0.5, 0.6) is 11.5 Å². The van der Waals surface area contributed by atoms with E-state index < -0.39 is 11.6 Å². The number of para-hydroxylation sites is 1. The van der Waals surface area contributed by atoms with Gasteiger partial charge in [-0.15, -0.1) is 0 Å². The topological polar surface area (TPSA) is 30.5 Å². The van der Waals surface area contributed by atoms with E-state index in [1.807, 2.05) is 18.2 Å². The fourth-order valence-electron chi connectivity index (χ4n) is 2.25. The van der Waals surface area contributed by atoms with E-state index in [0.717, 1.165) is 18.1 Å². The van der Waals surface area contributed by atoms with E-state index >= 15 is 0 Å². The summed E-state index contributed by atoms with van der Waals surface area (Å²) in [5.41, 5.74) is 1.28. The molecule has 0 saturated heterocycles. The minimum Gasteiger partial charge on any atom is -0.490 e. The highest BCUT2D eigenvalue weighted by Gasteiger charge is 2.14. The third kappa shape index (κ3) is 3.24. The number of hydrogen-bond acceptors (Lipinski definition) is 3. The minimum absolute atomic E-state index is 0.389. The Morgan fingerprint density at radius 3 is 2.57 bits per heavy atom. The van der Waals surface area contributed by atoms with Crippen molar-refractivity contribution in [2.45, 2.75) is 13.0 Å². The second-order valence-electron chi connectivity index (χ2n) is 4.81. The summed E-state index contributed by atoms with van der Waals surface area (Å²) in [6, 6.07) is 8.97. The van der Waals surface area contributed by atoms with Crippen LogP contribution in [-0.4, -0.2) is 13.2 Å².